The summed E-state index contributed by atoms with van der Waals surface area (Å²) in [5.41, 5.74) is 1.16. The molecule has 1 aliphatic rings. The van der Waals surface area contributed by atoms with Gasteiger partial charge in [0, 0.05) is 37.9 Å². The molecule has 3 heterocycles. The summed E-state index contributed by atoms with van der Waals surface area (Å²) in [6.07, 6.45) is 1.76. The highest BCUT2D eigenvalue weighted by atomic mass is 35.5. The molecule has 1 saturated heterocycles. The third-order valence-electron chi connectivity index (χ3n) is 4.58. The summed E-state index contributed by atoms with van der Waals surface area (Å²) < 4.78 is 0. The zero-order chi connectivity index (χ0) is 19.5. The molecule has 1 amide bonds. The van der Waals surface area contributed by atoms with Gasteiger partial charge in [0.25, 0.3) is 5.91 Å². The molecule has 28 heavy (non-hydrogen) atoms. The van der Waals surface area contributed by atoms with Crippen molar-refractivity contribution in [1.29, 1.82) is 0 Å². The molecular weight excluding hydrogens is 397 g/mol. The van der Waals surface area contributed by atoms with Gasteiger partial charge in [0.2, 0.25) is 0 Å². The molecule has 1 fully saturated rings. The Bertz CT molecular complexity index is 991. The lowest BCUT2D eigenvalue weighted by Gasteiger charge is -2.35. The number of carbonyl (C=O) groups excluding carboxylic acids is 1. The van der Waals surface area contributed by atoms with Gasteiger partial charge in [-0.05, 0) is 18.2 Å². The Balaban J connectivity index is 1.46. The van der Waals surface area contributed by atoms with Crippen LogP contribution in [0.2, 0.25) is 10.2 Å². The van der Waals surface area contributed by atoms with Gasteiger partial charge in [0.05, 0.1) is 5.02 Å². The zero-order valence-electron chi connectivity index (χ0n) is 14.9. The topological polar surface area (TPSA) is 62.2 Å². The highest BCUT2D eigenvalue weighted by Gasteiger charge is 2.25. The average molecular weight is 414 g/mol. The Hall–Kier alpha value is -2.70. The van der Waals surface area contributed by atoms with Crippen LogP contribution in [0, 0.1) is 0 Å². The first-order chi connectivity index (χ1) is 13.6. The van der Waals surface area contributed by atoms with Gasteiger partial charge in [0.1, 0.15) is 16.7 Å². The molecule has 0 unspecified atom stereocenters. The van der Waals surface area contributed by atoms with E-state index in [1.54, 1.807) is 23.2 Å². The van der Waals surface area contributed by atoms with Crippen LogP contribution in [0.3, 0.4) is 0 Å². The standard InChI is InChI=1S/C20H17Cl2N5O/c21-15-6-7-16(22)24-18(15)20(28)27-12-10-26(11-13-27)17-8-9-23-19(25-17)14-4-2-1-3-5-14/h1-9H,10-13H2. The second-order valence-corrected chi connectivity index (χ2v) is 7.14. The minimum absolute atomic E-state index is 0.191. The van der Waals surface area contributed by atoms with E-state index in [0.717, 1.165) is 11.4 Å². The number of hydrogen-bond acceptors (Lipinski definition) is 5. The molecule has 0 radical (unpaired) electrons. The van der Waals surface area contributed by atoms with E-state index >= 15 is 0 Å². The van der Waals surface area contributed by atoms with Crippen molar-refractivity contribution in [2.24, 2.45) is 0 Å². The van der Waals surface area contributed by atoms with Crippen molar-refractivity contribution in [2.45, 2.75) is 0 Å². The van der Waals surface area contributed by atoms with Gasteiger partial charge >= 0.3 is 0 Å². The Morgan fingerprint density at radius 3 is 2.39 bits per heavy atom. The summed E-state index contributed by atoms with van der Waals surface area (Å²) in [7, 11) is 0. The molecule has 2 aromatic heterocycles. The van der Waals surface area contributed by atoms with Crippen LogP contribution < -0.4 is 4.90 Å². The third-order valence-corrected chi connectivity index (χ3v) is 5.09. The summed E-state index contributed by atoms with van der Waals surface area (Å²) in [5, 5.41) is 0.556. The van der Waals surface area contributed by atoms with Gasteiger partial charge in [0.15, 0.2) is 5.82 Å². The van der Waals surface area contributed by atoms with Gasteiger partial charge in [-0.2, -0.15) is 0 Å². The van der Waals surface area contributed by atoms with Crippen molar-refractivity contribution in [3.8, 4) is 11.4 Å². The van der Waals surface area contributed by atoms with Crippen LogP contribution >= 0.6 is 23.2 Å². The van der Waals surface area contributed by atoms with E-state index in [0.29, 0.717) is 37.0 Å². The summed E-state index contributed by atoms with van der Waals surface area (Å²) in [4.78, 5) is 29.7. The van der Waals surface area contributed by atoms with Crippen LogP contribution in [0.1, 0.15) is 10.5 Å². The molecule has 8 heteroatoms. The molecule has 0 N–H and O–H groups in total. The van der Waals surface area contributed by atoms with Crippen LogP contribution in [0.15, 0.2) is 54.7 Å². The molecule has 6 nitrogen and oxygen atoms in total. The molecule has 1 aliphatic heterocycles. The van der Waals surface area contributed by atoms with E-state index in [-0.39, 0.29) is 16.8 Å². The van der Waals surface area contributed by atoms with Gasteiger partial charge in [-0.25, -0.2) is 15.0 Å². The highest BCUT2D eigenvalue weighted by Crippen LogP contribution is 2.22. The maximum atomic E-state index is 12.7. The molecule has 0 aliphatic carbocycles. The van der Waals surface area contributed by atoms with Gasteiger partial charge < -0.3 is 9.80 Å². The van der Waals surface area contributed by atoms with E-state index in [1.807, 2.05) is 36.4 Å². The SMILES string of the molecule is O=C(c1nc(Cl)ccc1Cl)N1CCN(c2ccnc(-c3ccccc3)n2)CC1. The number of benzene rings is 1. The lowest BCUT2D eigenvalue weighted by atomic mass is 10.2. The first-order valence-corrected chi connectivity index (χ1v) is 9.62. The van der Waals surface area contributed by atoms with Crippen LogP contribution in [0.5, 0.6) is 0 Å². The van der Waals surface area contributed by atoms with E-state index in [1.165, 1.54) is 0 Å². The number of rotatable bonds is 3. The molecule has 1 aromatic carbocycles. The first-order valence-electron chi connectivity index (χ1n) is 8.86. The largest absolute Gasteiger partial charge is 0.353 e. The summed E-state index contributed by atoms with van der Waals surface area (Å²) in [5.74, 6) is 1.33. The zero-order valence-corrected chi connectivity index (χ0v) is 16.4. The monoisotopic (exact) mass is 413 g/mol. The maximum Gasteiger partial charge on any atom is 0.274 e. The summed E-state index contributed by atoms with van der Waals surface area (Å²) in [6.45, 7) is 2.42. The Kier molecular flexibility index (Phi) is 5.41. The second kappa shape index (κ2) is 8.12. The van der Waals surface area contributed by atoms with Crippen LogP contribution in [0.4, 0.5) is 5.82 Å². The molecule has 0 saturated carbocycles. The van der Waals surface area contributed by atoms with E-state index in [2.05, 4.69) is 19.9 Å². The molecule has 3 aromatic rings. The smallest absolute Gasteiger partial charge is 0.274 e. The minimum atomic E-state index is -0.209. The predicted octanol–water partition coefficient (Wildman–Crippen LogP) is 3.81. The quantitative estimate of drug-likeness (QED) is 0.610. The molecule has 142 valence electrons. The summed E-state index contributed by atoms with van der Waals surface area (Å²) in [6, 6.07) is 14.9. The number of nitrogens with zero attached hydrogens (tertiary/aromatic N) is 5. The fraction of sp³-hybridized carbons (Fsp3) is 0.200. The fourth-order valence-corrected chi connectivity index (χ4v) is 3.44. The molecule has 0 spiro atoms. The van der Waals surface area contributed by atoms with Crippen LogP contribution in [0.25, 0.3) is 11.4 Å². The molecule has 0 atom stereocenters. The minimum Gasteiger partial charge on any atom is -0.353 e. The van der Waals surface area contributed by atoms with Crippen LogP contribution in [-0.4, -0.2) is 51.9 Å². The third kappa shape index (κ3) is 3.93. The van der Waals surface area contributed by atoms with Crippen molar-refractivity contribution in [3.05, 3.63) is 70.6 Å². The van der Waals surface area contributed by atoms with Crippen molar-refractivity contribution in [3.63, 3.8) is 0 Å². The first kappa shape index (κ1) is 18.7. The fourth-order valence-electron chi connectivity index (χ4n) is 3.11. The second-order valence-electron chi connectivity index (χ2n) is 6.35. The normalized spacial score (nSPS) is 14.2. The van der Waals surface area contributed by atoms with E-state index < -0.39 is 0 Å². The highest BCUT2D eigenvalue weighted by molar-refractivity contribution is 6.34. The maximum absolute atomic E-state index is 12.7. The molecule has 4 rings (SSSR count). The number of piperazine rings is 1. The number of halogens is 2. The summed E-state index contributed by atoms with van der Waals surface area (Å²) >= 11 is 12.0. The Morgan fingerprint density at radius 2 is 1.64 bits per heavy atom. The lowest BCUT2D eigenvalue weighted by molar-refractivity contribution is 0.0741. The number of amides is 1. The van der Waals surface area contributed by atoms with Gasteiger partial charge in [-0.3, -0.25) is 4.79 Å². The van der Waals surface area contributed by atoms with Gasteiger partial charge in [-0.1, -0.05) is 53.5 Å². The number of anilines is 1. The van der Waals surface area contributed by atoms with E-state index in [9.17, 15) is 4.79 Å². The van der Waals surface area contributed by atoms with Crippen molar-refractivity contribution in [2.75, 3.05) is 31.1 Å². The number of carbonyl (C=O) groups is 1. The molecule has 0 bridgehead atoms. The number of hydrogen-bond donors (Lipinski definition) is 0. The number of pyridine rings is 1. The van der Waals surface area contributed by atoms with Crippen molar-refractivity contribution >= 4 is 34.9 Å². The van der Waals surface area contributed by atoms with Crippen molar-refractivity contribution in [1.82, 2.24) is 19.9 Å². The lowest BCUT2D eigenvalue weighted by Crippen LogP contribution is -2.49. The molecular formula is C20H17Cl2N5O. The predicted molar refractivity (Wildman–Crippen MR) is 110 cm³/mol. The number of aromatic nitrogens is 3. The average Bonchev–Trinajstić information content (AvgIpc) is 2.76. The van der Waals surface area contributed by atoms with Crippen LogP contribution in [-0.2, 0) is 0 Å². The van der Waals surface area contributed by atoms with E-state index in [4.69, 9.17) is 23.2 Å². The Labute approximate surface area is 172 Å². The Morgan fingerprint density at radius 1 is 0.893 bits per heavy atom. The van der Waals surface area contributed by atoms with Crippen molar-refractivity contribution < 1.29 is 4.79 Å². The van der Waals surface area contributed by atoms with Gasteiger partial charge in [-0.15, -0.1) is 0 Å².